The van der Waals surface area contributed by atoms with Crippen molar-refractivity contribution in [1.82, 2.24) is 34.7 Å². The van der Waals surface area contributed by atoms with E-state index in [1.165, 1.54) is 0 Å². The maximum absolute atomic E-state index is 12.9. The van der Waals surface area contributed by atoms with E-state index in [0.29, 0.717) is 30.2 Å². The van der Waals surface area contributed by atoms with Gasteiger partial charge in [0.1, 0.15) is 0 Å². The SMILES string of the molecule is COc1ccc2nnc(C3CCN(C(=O)c4ccc5nc[nH]c5c4)CC3)n2n1. The third kappa shape index (κ3) is 2.75. The molecule has 1 fully saturated rings. The molecule has 9 nitrogen and oxygen atoms in total. The zero-order chi connectivity index (χ0) is 19.1. The fourth-order valence-corrected chi connectivity index (χ4v) is 3.74. The zero-order valence-corrected chi connectivity index (χ0v) is 15.4. The number of methoxy groups -OCH3 is 1. The van der Waals surface area contributed by atoms with Gasteiger partial charge in [0.2, 0.25) is 5.88 Å². The first kappa shape index (κ1) is 16.7. The summed E-state index contributed by atoms with van der Waals surface area (Å²) < 4.78 is 6.95. The number of amides is 1. The number of carbonyl (C=O) groups excluding carboxylic acids is 1. The van der Waals surface area contributed by atoms with E-state index in [4.69, 9.17) is 4.74 Å². The van der Waals surface area contributed by atoms with Gasteiger partial charge >= 0.3 is 0 Å². The predicted octanol–water partition coefficient (Wildman–Crippen LogP) is 2.03. The van der Waals surface area contributed by atoms with Crippen LogP contribution in [0.2, 0.25) is 0 Å². The number of hydrogen-bond donors (Lipinski definition) is 1. The van der Waals surface area contributed by atoms with E-state index in [1.807, 2.05) is 29.2 Å². The maximum Gasteiger partial charge on any atom is 0.253 e. The Bertz CT molecular complexity index is 1160. The Balaban J connectivity index is 1.32. The van der Waals surface area contributed by atoms with Crippen LogP contribution in [0, 0.1) is 0 Å². The van der Waals surface area contributed by atoms with Gasteiger partial charge in [0.15, 0.2) is 11.5 Å². The van der Waals surface area contributed by atoms with Crippen LogP contribution in [0.3, 0.4) is 0 Å². The number of piperidine rings is 1. The summed E-state index contributed by atoms with van der Waals surface area (Å²) in [5.41, 5.74) is 3.10. The summed E-state index contributed by atoms with van der Waals surface area (Å²) in [7, 11) is 1.59. The lowest BCUT2D eigenvalue weighted by Gasteiger charge is -2.31. The molecule has 142 valence electrons. The molecule has 4 aromatic rings. The molecule has 1 saturated heterocycles. The standard InChI is InChI=1S/C19H19N7O2/c1-28-17-5-4-16-22-23-18(26(16)24-17)12-6-8-25(9-7-12)19(27)13-2-3-14-15(10-13)21-11-20-14/h2-5,10-12H,6-9H2,1H3,(H,20,21). The Labute approximate surface area is 160 Å². The van der Waals surface area contributed by atoms with Gasteiger partial charge < -0.3 is 14.6 Å². The Morgan fingerprint density at radius 3 is 2.86 bits per heavy atom. The van der Waals surface area contributed by atoms with Crippen molar-refractivity contribution in [1.29, 1.82) is 0 Å². The molecule has 1 aliphatic heterocycles. The highest BCUT2D eigenvalue weighted by Gasteiger charge is 2.28. The molecule has 9 heteroatoms. The van der Waals surface area contributed by atoms with Gasteiger partial charge in [0.05, 0.1) is 24.5 Å². The van der Waals surface area contributed by atoms with Gasteiger partial charge in [-0.15, -0.1) is 15.3 Å². The Morgan fingerprint density at radius 2 is 2.04 bits per heavy atom. The fourth-order valence-electron chi connectivity index (χ4n) is 3.74. The number of benzene rings is 1. The Morgan fingerprint density at radius 1 is 1.18 bits per heavy atom. The Kier molecular flexibility index (Phi) is 3.92. The number of fused-ring (bicyclic) bond motifs is 2. The summed E-state index contributed by atoms with van der Waals surface area (Å²) in [6.07, 6.45) is 3.27. The van der Waals surface area contributed by atoms with Crippen molar-refractivity contribution in [3.05, 3.63) is 48.0 Å². The predicted molar refractivity (Wildman–Crippen MR) is 101 cm³/mol. The number of imidazole rings is 1. The molecule has 1 aromatic carbocycles. The molecule has 28 heavy (non-hydrogen) atoms. The van der Waals surface area contributed by atoms with Crippen LogP contribution >= 0.6 is 0 Å². The minimum atomic E-state index is 0.0424. The summed E-state index contributed by atoms with van der Waals surface area (Å²) in [4.78, 5) is 22.0. The van der Waals surface area contributed by atoms with E-state index in [9.17, 15) is 4.79 Å². The second-order valence-electron chi connectivity index (χ2n) is 6.90. The highest BCUT2D eigenvalue weighted by Crippen LogP contribution is 2.28. The van der Waals surface area contributed by atoms with Crippen molar-refractivity contribution < 1.29 is 9.53 Å². The van der Waals surface area contributed by atoms with E-state index in [2.05, 4.69) is 25.3 Å². The molecule has 1 N–H and O–H groups in total. The summed E-state index contributed by atoms with van der Waals surface area (Å²) in [6, 6.07) is 9.17. The molecule has 1 aliphatic rings. The number of nitrogens with zero attached hydrogens (tertiary/aromatic N) is 6. The van der Waals surface area contributed by atoms with Gasteiger partial charge in [0, 0.05) is 30.6 Å². The van der Waals surface area contributed by atoms with Crippen LogP contribution in [-0.2, 0) is 0 Å². The number of hydrogen-bond acceptors (Lipinski definition) is 6. The van der Waals surface area contributed by atoms with Crippen LogP contribution in [0.1, 0.15) is 34.9 Å². The second-order valence-corrected chi connectivity index (χ2v) is 6.90. The van der Waals surface area contributed by atoms with E-state index in [1.54, 1.807) is 24.0 Å². The molecule has 0 unspecified atom stereocenters. The molecule has 1 amide bonds. The van der Waals surface area contributed by atoms with Gasteiger partial charge in [-0.1, -0.05) is 0 Å². The molecule has 3 aromatic heterocycles. The van der Waals surface area contributed by atoms with Gasteiger partial charge in [-0.05, 0) is 37.1 Å². The maximum atomic E-state index is 12.9. The second kappa shape index (κ2) is 6.59. The minimum Gasteiger partial charge on any atom is -0.480 e. The van der Waals surface area contributed by atoms with Crippen molar-refractivity contribution >= 4 is 22.6 Å². The van der Waals surface area contributed by atoms with E-state index in [-0.39, 0.29) is 11.8 Å². The third-order valence-electron chi connectivity index (χ3n) is 5.29. The van der Waals surface area contributed by atoms with Crippen LogP contribution in [0.4, 0.5) is 0 Å². The van der Waals surface area contributed by atoms with Gasteiger partial charge in [-0.2, -0.15) is 4.52 Å². The zero-order valence-electron chi connectivity index (χ0n) is 15.4. The number of likely N-dealkylation sites (tertiary alicyclic amines) is 1. The van der Waals surface area contributed by atoms with Crippen molar-refractivity contribution in [3.63, 3.8) is 0 Å². The number of aromatic amines is 1. The van der Waals surface area contributed by atoms with Crippen molar-refractivity contribution in [2.75, 3.05) is 20.2 Å². The first-order chi connectivity index (χ1) is 13.7. The number of ether oxygens (including phenoxy) is 1. The summed E-state index contributed by atoms with van der Waals surface area (Å²) in [5.74, 6) is 1.59. The van der Waals surface area contributed by atoms with E-state index >= 15 is 0 Å². The van der Waals surface area contributed by atoms with Crippen molar-refractivity contribution in [2.24, 2.45) is 0 Å². The number of aromatic nitrogens is 6. The smallest absolute Gasteiger partial charge is 0.253 e. The average molecular weight is 377 g/mol. The Hall–Kier alpha value is -3.49. The molecule has 0 radical (unpaired) electrons. The van der Waals surface area contributed by atoms with Gasteiger partial charge in [0.25, 0.3) is 5.91 Å². The van der Waals surface area contributed by atoms with Crippen LogP contribution < -0.4 is 4.74 Å². The molecular weight excluding hydrogens is 358 g/mol. The van der Waals surface area contributed by atoms with Crippen molar-refractivity contribution in [2.45, 2.75) is 18.8 Å². The lowest BCUT2D eigenvalue weighted by molar-refractivity contribution is 0.0711. The molecule has 4 heterocycles. The molecule has 0 spiro atoms. The number of rotatable bonds is 3. The lowest BCUT2D eigenvalue weighted by atomic mass is 9.95. The third-order valence-corrected chi connectivity index (χ3v) is 5.29. The summed E-state index contributed by atoms with van der Waals surface area (Å²) in [5, 5.41) is 13.0. The molecule has 0 aliphatic carbocycles. The topological polar surface area (TPSA) is 101 Å². The molecule has 0 saturated carbocycles. The van der Waals surface area contributed by atoms with E-state index < -0.39 is 0 Å². The average Bonchev–Trinajstić information content (AvgIpc) is 3.39. The van der Waals surface area contributed by atoms with Crippen LogP contribution in [-0.4, -0.2) is 60.8 Å². The quantitative estimate of drug-likeness (QED) is 0.586. The highest BCUT2D eigenvalue weighted by atomic mass is 16.5. The van der Waals surface area contributed by atoms with Crippen LogP contribution in [0.5, 0.6) is 5.88 Å². The van der Waals surface area contributed by atoms with E-state index in [0.717, 1.165) is 29.7 Å². The largest absolute Gasteiger partial charge is 0.480 e. The normalized spacial score (nSPS) is 15.4. The molecule has 5 rings (SSSR count). The summed E-state index contributed by atoms with van der Waals surface area (Å²) in [6.45, 7) is 1.34. The monoisotopic (exact) mass is 377 g/mol. The number of nitrogens with one attached hydrogen (secondary N) is 1. The molecular formula is C19H19N7O2. The number of H-pyrrole nitrogens is 1. The highest BCUT2D eigenvalue weighted by molar-refractivity contribution is 5.97. The lowest BCUT2D eigenvalue weighted by Crippen LogP contribution is -2.38. The first-order valence-electron chi connectivity index (χ1n) is 9.21. The van der Waals surface area contributed by atoms with Crippen molar-refractivity contribution in [3.8, 4) is 5.88 Å². The van der Waals surface area contributed by atoms with Gasteiger partial charge in [-0.3, -0.25) is 4.79 Å². The minimum absolute atomic E-state index is 0.0424. The van der Waals surface area contributed by atoms with Gasteiger partial charge in [-0.25, -0.2) is 4.98 Å². The summed E-state index contributed by atoms with van der Waals surface area (Å²) >= 11 is 0. The molecule has 0 bridgehead atoms. The van der Waals surface area contributed by atoms with Crippen LogP contribution in [0.25, 0.3) is 16.7 Å². The first-order valence-corrected chi connectivity index (χ1v) is 9.21. The molecule has 0 atom stereocenters. The van der Waals surface area contributed by atoms with Crippen LogP contribution in [0.15, 0.2) is 36.7 Å². The fraction of sp³-hybridized carbons (Fsp3) is 0.316. The number of carbonyl (C=O) groups is 1.